The Kier molecular flexibility index (Phi) is 5.52. The second-order valence-electron chi connectivity index (χ2n) is 5.30. The van der Waals surface area contributed by atoms with Gasteiger partial charge in [0.25, 0.3) is 0 Å². The van der Waals surface area contributed by atoms with E-state index in [1.165, 1.54) is 6.92 Å². The maximum atomic E-state index is 9.75. The second-order valence-corrected chi connectivity index (χ2v) is 5.30. The predicted octanol–water partition coefficient (Wildman–Crippen LogP) is -3.53. The molecule has 6 N–H and O–H groups in total. The third-order valence-electron chi connectivity index (χ3n) is 3.71. The summed E-state index contributed by atoms with van der Waals surface area (Å²) < 4.78 is 15.5. The summed E-state index contributed by atoms with van der Waals surface area (Å²) in [6, 6.07) is 0. The van der Waals surface area contributed by atoms with Crippen LogP contribution < -0.4 is 0 Å². The van der Waals surface area contributed by atoms with Crippen molar-refractivity contribution in [3.63, 3.8) is 0 Å². The molecule has 0 saturated carbocycles. The second kappa shape index (κ2) is 6.82. The van der Waals surface area contributed by atoms with Crippen LogP contribution >= 0.6 is 0 Å². The smallest absolute Gasteiger partial charge is 0.186 e. The van der Waals surface area contributed by atoms with Crippen molar-refractivity contribution in [3.8, 4) is 0 Å². The maximum Gasteiger partial charge on any atom is 0.186 e. The van der Waals surface area contributed by atoms with Crippen LogP contribution in [0.15, 0.2) is 0 Å². The van der Waals surface area contributed by atoms with Crippen molar-refractivity contribution in [2.75, 3.05) is 6.61 Å². The van der Waals surface area contributed by atoms with Gasteiger partial charge in [-0.2, -0.15) is 0 Å². The lowest BCUT2D eigenvalue weighted by atomic mass is 9.99. The van der Waals surface area contributed by atoms with Crippen LogP contribution in [0.25, 0.3) is 0 Å². The summed E-state index contributed by atoms with van der Waals surface area (Å²) in [7, 11) is 0. The molecular weight excluding hydrogens is 288 g/mol. The molecule has 0 spiro atoms. The van der Waals surface area contributed by atoms with E-state index in [9.17, 15) is 30.6 Å². The maximum absolute atomic E-state index is 9.75. The highest BCUT2D eigenvalue weighted by Gasteiger charge is 2.44. The lowest BCUT2D eigenvalue weighted by molar-refractivity contribution is -0.302. The summed E-state index contributed by atoms with van der Waals surface area (Å²) in [6.07, 6.45) is -11.1. The number of hydrogen-bond acceptors (Lipinski definition) is 9. The van der Waals surface area contributed by atoms with Gasteiger partial charge in [-0.05, 0) is 6.92 Å². The zero-order valence-electron chi connectivity index (χ0n) is 11.4. The van der Waals surface area contributed by atoms with Crippen LogP contribution in [0.1, 0.15) is 6.92 Å². The summed E-state index contributed by atoms with van der Waals surface area (Å²) in [5, 5.41) is 57.4. The fraction of sp³-hybridized carbons (Fsp3) is 0.917. The summed E-state index contributed by atoms with van der Waals surface area (Å²) in [5.74, 6) is 0. The van der Waals surface area contributed by atoms with Gasteiger partial charge in [-0.25, -0.2) is 0 Å². The van der Waals surface area contributed by atoms with Crippen molar-refractivity contribution >= 4 is 0 Å². The number of hydrogen-bond donors (Lipinski definition) is 6. The molecule has 1 radical (unpaired) electrons. The van der Waals surface area contributed by atoms with Crippen molar-refractivity contribution < 1.29 is 44.8 Å². The van der Waals surface area contributed by atoms with Gasteiger partial charge >= 0.3 is 0 Å². The van der Waals surface area contributed by atoms with Crippen LogP contribution in [0, 0.1) is 6.61 Å². The van der Waals surface area contributed by atoms with E-state index in [1.54, 1.807) is 0 Å². The van der Waals surface area contributed by atoms with Gasteiger partial charge in [0.15, 0.2) is 6.29 Å². The van der Waals surface area contributed by atoms with E-state index in [1.807, 2.05) is 0 Å². The molecule has 9 nitrogen and oxygen atoms in total. The van der Waals surface area contributed by atoms with E-state index in [4.69, 9.17) is 14.2 Å². The molecule has 0 bridgehead atoms. The third kappa shape index (κ3) is 3.52. The Bertz CT molecular complexity index is 341. The fourth-order valence-corrected chi connectivity index (χ4v) is 2.24. The Morgan fingerprint density at radius 3 is 2.24 bits per heavy atom. The highest BCUT2D eigenvalue weighted by molar-refractivity contribution is 4.92. The quantitative estimate of drug-likeness (QED) is 0.312. The highest BCUT2D eigenvalue weighted by Crippen LogP contribution is 2.24. The summed E-state index contributed by atoms with van der Waals surface area (Å²) in [5.41, 5.74) is 0. The van der Waals surface area contributed by atoms with Crippen molar-refractivity contribution in [2.24, 2.45) is 0 Å². The predicted molar refractivity (Wildman–Crippen MR) is 65.5 cm³/mol. The minimum atomic E-state index is -1.46. The molecule has 9 heteroatoms. The third-order valence-corrected chi connectivity index (χ3v) is 3.71. The van der Waals surface area contributed by atoms with Crippen LogP contribution in [-0.2, 0) is 14.2 Å². The largest absolute Gasteiger partial charge is 0.388 e. The number of rotatable bonds is 3. The standard InChI is InChI=1S/C12H21O9/c1-4-7(14)10(17)11(18)12(21-4)20-3-6-9(16)8(15)5(13)2-19-6/h2,4-18H,3H2,1H3/t4-,5-,6+,7-,8+,9+,10+,11+,12-/m0/s1. The molecule has 2 heterocycles. The minimum absolute atomic E-state index is 0.251. The molecule has 2 fully saturated rings. The van der Waals surface area contributed by atoms with Crippen LogP contribution in [0.5, 0.6) is 0 Å². The van der Waals surface area contributed by atoms with E-state index < -0.39 is 55.1 Å². The molecule has 0 aromatic carbocycles. The lowest BCUT2D eigenvalue weighted by Crippen LogP contribution is -2.58. The molecule has 0 aromatic rings. The van der Waals surface area contributed by atoms with Gasteiger partial charge in [-0.1, -0.05) is 0 Å². The first-order chi connectivity index (χ1) is 9.82. The van der Waals surface area contributed by atoms with Crippen LogP contribution in [0.3, 0.4) is 0 Å². The Balaban J connectivity index is 1.88. The number of aliphatic hydroxyl groups excluding tert-OH is 6. The Hall–Kier alpha value is -0.360. The zero-order valence-corrected chi connectivity index (χ0v) is 11.4. The number of ether oxygens (including phenoxy) is 3. The molecule has 0 amide bonds. The molecule has 2 aliphatic rings. The van der Waals surface area contributed by atoms with Gasteiger partial charge in [0.05, 0.1) is 12.7 Å². The summed E-state index contributed by atoms with van der Waals surface area (Å²) in [6.45, 7) is 2.24. The molecule has 0 aromatic heterocycles. The Labute approximate surface area is 121 Å². The summed E-state index contributed by atoms with van der Waals surface area (Å²) >= 11 is 0. The Morgan fingerprint density at radius 2 is 1.57 bits per heavy atom. The van der Waals surface area contributed by atoms with E-state index in [0.29, 0.717) is 0 Å². The van der Waals surface area contributed by atoms with Crippen LogP contribution in [-0.4, -0.2) is 92.4 Å². The van der Waals surface area contributed by atoms with E-state index >= 15 is 0 Å². The highest BCUT2D eigenvalue weighted by atomic mass is 16.7. The van der Waals surface area contributed by atoms with E-state index in [2.05, 4.69) is 0 Å². The molecule has 2 saturated heterocycles. The van der Waals surface area contributed by atoms with Crippen molar-refractivity contribution in [2.45, 2.75) is 62.0 Å². The normalized spacial score (nSPS) is 51.9. The molecule has 0 aliphatic carbocycles. The first kappa shape index (κ1) is 17.0. The van der Waals surface area contributed by atoms with Crippen LogP contribution in [0.2, 0.25) is 0 Å². The average molecular weight is 309 g/mol. The van der Waals surface area contributed by atoms with Gasteiger partial charge in [0.1, 0.15) is 49.3 Å². The van der Waals surface area contributed by atoms with Gasteiger partial charge in [0, 0.05) is 0 Å². The molecular formula is C12H21O9. The van der Waals surface area contributed by atoms with Crippen molar-refractivity contribution in [1.82, 2.24) is 0 Å². The first-order valence-corrected chi connectivity index (χ1v) is 6.67. The average Bonchev–Trinajstić information content (AvgIpc) is 2.46. The molecule has 123 valence electrons. The molecule has 9 atom stereocenters. The SMILES string of the molecule is C[C@@H]1O[C@H](OC[C@H]2O[CH][C@H](O)[C@@H](O)[C@@H]2O)[C@H](O)[C@H](O)[C@H]1O. The molecule has 21 heavy (non-hydrogen) atoms. The summed E-state index contributed by atoms with van der Waals surface area (Å²) in [4.78, 5) is 0. The van der Waals surface area contributed by atoms with Crippen LogP contribution in [0.4, 0.5) is 0 Å². The van der Waals surface area contributed by atoms with Gasteiger partial charge in [-0.15, -0.1) is 0 Å². The van der Waals surface area contributed by atoms with Gasteiger partial charge < -0.3 is 44.8 Å². The van der Waals surface area contributed by atoms with E-state index in [-0.39, 0.29) is 6.61 Å². The van der Waals surface area contributed by atoms with E-state index in [0.717, 1.165) is 6.61 Å². The first-order valence-electron chi connectivity index (χ1n) is 6.67. The Morgan fingerprint density at radius 1 is 0.905 bits per heavy atom. The molecule has 2 aliphatic heterocycles. The lowest BCUT2D eigenvalue weighted by Gasteiger charge is -2.40. The molecule has 2 rings (SSSR count). The zero-order chi connectivity index (χ0) is 15.7. The number of aliphatic hydroxyl groups is 6. The fourth-order valence-electron chi connectivity index (χ4n) is 2.24. The van der Waals surface area contributed by atoms with Crippen molar-refractivity contribution in [1.29, 1.82) is 0 Å². The van der Waals surface area contributed by atoms with Crippen molar-refractivity contribution in [3.05, 3.63) is 6.61 Å². The topological polar surface area (TPSA) is 149 Å². The minimum Gasteiger partial charge on any atom is -0.388 e. The molecule has 0 unspecified atom stereocenters. The van der Waals surface area contributed by atoms with Gasteiger partial charge in [-0.3, -0.25) is 0 Å². The van der Waals surface area contributed by atoms with Gasteiger partial charge in [0.2, 0.25) is 0 Å². The monoisotopic (exact) mass is 309 g/mol.